The predicted molar refractivity (Wildman–Crippen MR) is 80.5 cm³/mol. The van der Waals surface area contributed by atoms with E-state index in [-0.39, 0.29) is 12.1 Å². The Balaban J connectivity index is 2.49. The van der Waals surface area contributed by atoms with Crippen molar-refractivity contribution in [2.24, 2.45) is 0 Å². The number of hydrogen-bond acceptors (Lipinski definition) is 3. The topological polar surface area (TPSA) is 35.5 Å². The lowest BCUT2D eigenvalue weighted by molar-refractivity contribution is -0.137. The molecular weight excluding hydrogens is 252 g/mol. The first-order valence-corrected chi connectivity index (χ1v) is 6.76. The zero-order valence-electron chi connectivity index (χ0n) is 12.3. The third-order valence-corrected chi connectivity index (χ3v) is 2.85. The summed E-state index contributed by atoms with van der Waals surface area (Å²) in [5, 5.41) is 0. The van der Waals surface area contributed by atoms with Gasteiger partial charge in [0, 0.05) is 13.2 Å². The van der Waals surface area contributed by atoms with Crippen LogP contribution in [0.2, 0.25) is 0 Å². The van der Waals surface area contributed by atoms with E-state index in [4.69, 9.17) is 9.47 Å². The molecule has 0 aromatic heterocycles. The number of hydrogen-bond donors (Lipinski definition) is 0. The fourth-order valence-corrected chi connectivity index (χ4v) is 1.75. The van der Waals surface area contributed by atoms with Crippen LogP contribution in [0.25, 0.3) is 0 Å². The van der Waals surface area contributed by atoms with Crippen molar-refractivity contribution in [1.82, 2.24) is 0 Å². The standard InChI is InChI=1S/C17H22O3/c1-4-20-17(18)9-7-5-6-8-16(19-3)15-12-10-14(2)11-13-15/h5-7,9-13,16H,4,8H2,1-3H3/b6-5+,9-7+. The molecule has 20 heavy (non-hydrogen) atoms. The summed E-state index contributed by atoms with van der Waals surface area (Å²) < 4.78 is 10.3. The molecule has 1 aromatic carbocycles. The first kappa shape index (κ1) is 16.2. The highest BCUT2D eigenvalue weighted by molar-refractivity contribution is 5.82. The second-order valence-corrected chi connectivity index (χ2v) is 4.41. The van der Waals surface area contributed by atoms with Gasteiger partial charge in [-0.2, -0.15) is 0 Å². The number of benzene rings is 1. The Bertz CT molecular complexity index is 458. The fraction of sp³-hybridized carbons (Fsp3) is 0.353. The molecule has 1 rings (SSSR count). The van der Waals surface area contributed by atoms with Gasteiger partial charge in [0.15, 0.2) is 0 Å². The third kappa shape index (κ3) is 5.85. The van der Waals surface area contributed by atoms with E-state index in [1.807, 2.05) is 12.2 Å². The van der Waals surface area contributed by atoms with Crippen LogP contribution in [0.15, 0.2) is 48.6 Å². The van der Waals surface area contributed by atoms with E-state index in [1.165, 1.54) is 11.6 Å². The molecular formula is C17H22O3. The van der Waals surface area contributed by atoms with Gasteiger partial charge < -0.3 is 9.47 Å². The van der Waals surface area contributed by atoms with Crippen LogP contribution in [0.5, 0.6) is 0 Å². The monoisotopic (exact) mass is 274 g/mol. The van der Waals surface area contributed by atoms with Crippen LogP contribution in [0.1, 0.15) is 30.6 Å². The second kappa shape index (κ2) is 9.10. The summed E-state index contributed by atoms with van der Waals surface area (Å²) in [5.41, 5.74) is 2.38. The molecule has 1 aromatic rings. The van der Waals surface area contributed by atoms with Gasteiger partial charge in [-0.25, -0.2) is 4.79 Å². The first-order valence-electron chi connectivity index (χ1n) is 6.76. The van der Waals surface area contributed by atoms with Gasteiger partial charge in [0.1, 0.15) is 0 Å². The number of carbonyl (C=O) groups excluding carboxylic acids is 1. The molecule has 3 nitrogen and oxygen atoms in total. The molecule has 0 heterocycles. The van der Waals surface area contributed by atoms with E-state index < -0.39 is 0 Å². The van der Waals surface area contributed by atoms with Crippen LogP contribution in [-0.4, -0.2) is 19.7 Å². The van der Waals surface area contributed by atoms with Crippen molar-refractivity contribution in [3.63, 3.8) is 0 Å². The highest BCUT2D eigenvalue weighted by Gasteiger charge is 2.07. The Morgan fingerprint density at radius 2 is 1.95 bits per heavy atom. The van der Waals surface area contributed by atoms with Crippen LogP contribution < -0.4 is 0 Å². The van der Waals surface area contributed by atoms with E-state index >= 15 is 0 Å². The molecule has 0 amide bonds. The maximum absolute atomic E-state index is 11.1. The number of methoxy groups -OCH3 is 1. The highest BCUT2D eigenvalue weighted by atomic mass is 16.5. The van der Waals surface area contributed by atoms with E-state index in [1.54, 1.807) is 20.1 Å². The van der Waals surface area contributed by atoms with E-state index in [9.17, 15) is 4.79 Å². The molecule has 108 valence electrons. The SMILES string of the molecule is CCOC(=O)/C=C/C=C/CC(OC)c1ccc(C)cc1. The largest absolute Gasteiger partial charge is 0.463 e. The van der Waals surface area contributed by atoms with Gasteiger partial charge in [-0.15, -0.1) is 0 Å². The van der Waals surface area contributed by atoms with Crippen LogP contribution in [-0.2, 0) is 14.3 Å². The molecule has 0 aliphatic heterocycles. The molecule has 3 heteroatoms. The minimum absolute atomic E-state index is 0.0304. The quantitative estimate of drug-likeness (QED) is 0.431. The second-order valence-electron chi connectivity index (χ2n) is 4.41. The van der Waals surface area contributed by atoms with Gasteiger partial charge >= 0.3 is 5.97 Å². The Hall–Kier alpha value is -1.87. The summed E-state index contributed by atoms with van der Waals surface area (Å²) in [6.45, 7) is 4.24. The van der Waals surface area contributed by atoms with Crippen LogP contribution in [0, 0.1) is 6.92 Å². The van der Waals surface area contributed by atoms with Crippen molar-refractivity contribution < 1.29 is 14.3 Å². The smallest absolute Gasteiger partial charge is 0.330 e. The summed E-state index contributed by atoms with van der Waals surface area (Å²) in [7, 11) is 1.70. The summed E-state index contributed by atoms with van der Waals surface area (Å²) in [4.78, 5) is 11.1. The molecule has 0 bridgehead atoms. The Kier molecular flexibility index (Phi) is 7.36. The van der Waals surface area contributed by atoms with Gasteiger partial charge in [-0.05, 0) is 25.8 Å². The Morgan fingerprint density at radius 3 is 2.55 bits per heavy atom. The summed E-state index contributed by atoms with van der Waals surface area (Å²) in [6.07, 6.45) is 7.68. The molecule has 0 saturated carbocycles. The van der Waals surface area contributed by atoms with Crippen molar-refractivity contribution in [3.05, 3.63) is 59.7 Å². The average Bonchev–Trinajstić information content (AvgIpc) is 2.44. The Morgan fingerprint density at radius 1 is 1.25 bits per heavy atom. The zero-order chi connectivity index (χ0) is 14.8. The average molecular weight is 274 g/mol. The molecule has 1 atom stereocenters. The molecule has 0 N–H and O–H groups in total. The van der Waals surface area contributed by atoms with Crippen LogP contribution >= 0.6 is 0 Å². The maximum atomic E-state index is 11.1. The van der Waals surface area contributed by atoms with Crippen LogP contribution in [0.4, 0.5) is 0 Å². The minimum Gasteiger partial charge on any atom is -0.463 e. The molecule has 0 saturated heterocycles. The number of carbonyl (C=O) groups is 1. The fourth-order valence-electron chi connectivity index (χ4n) is 1.75. The molecule has 0 aliphatic rings. The number of aryl methyl sites for hydroxylation is 1. The van der Waals surface area contributed by atoms with Gasteiger partial charge in [0.05, 0.1) is 12.7 Å². The van der Waals surface area contributed by atoms with E-state index in [0.717, 1.165) is 12.0 Å². The lowest BCUT2D eigenvalue weighted by Crippen LogP contribution is -2.00. The molecule has 0 fully saturated rings. The van der Waals surface area contributed by atoms with Crippen molar-refractivity contribution in [2.75, 3.05) is 13.7 Å². The first-order chi connectivity index (χ1) is 9.67. The number of esters is 1. The lowest BCUT2D eigenvalue weighted by Gasteiger charge is -2.13. The van der Waals surface area contributed by atoms with Crippen molar-refractivity contribution in [1.29, 1.82) is 0 Å². The number of rotatable bonds is 7. The molecule has 0 radical (unpaired) electrons. The highest BCUT2D eigenvalue weighted by Crippen LogP contribution is 2.21. The van der Waals surface area contributed by atoms with Gasteiger partial charge in [0.25, 0.3) is 0 Å². The normalized spacial score (nSPS) is 12.9. The van der Waals surface area contributed by atoms with Crippen molar-refractivity contribution in [3.8, 4) is 0 Å². The summed E-state index contributed by atoms with van der Waals surface area (Å²) in [6, 6.07) is 8.30. The third-order valence-electron chi connectivity index (χ3n) is 2.85. The van der Waals surface area contributed by atoms with Crippen molar-refractivity contribution >= 4 is 5.97 Å². The minimum atomic E-state index is -0.320. The van der Waals surface area contributed by atoms with E-state index in [0.29, 0.717) is 6.61 Å². The van der Waals surface area contributed by atoms with Crippen LogP contribution in [0.3, 0.4) is 0 Å². The Labute approximate surface area is 120 Å². The van der Waals surface area contributed by atoms with E-state index in [2.05, 4.69) is 31.2 Å². The molecule has 0 spiro atoms. The summed E-state index contributed by atoms with van der Waals surface area (Å²) in [5.74, 6) is -0.320. The van der Waals surface area contributed by atoms with Crippen molar-refractivity contribution in [2.45, 2.75) is 26.4 Å². The van der Waals surface area contributed by atoms with Gasteiger partial charge in [0.2, 0.25) is 0 Å². The predicted octanol–water partition coefficient (Wildman–Crippen LogP) is 3.75. The van der Waals surface area contributed by atoms with Gasteiger partial charge in [-0.1, -0.05) is 48.1 Å². The number of allylic oxidation sites excluding steroid dienone is 2. The molecule has 0 aliphatic carbocycles. The summed E-state index contributed by atoms with van der Waals surface area (Å²) >= 11 is 0. The zero-order valence-corrected chi connectivity index (χ0v) is 12.3. The lowest BCUT2D eigenvalue weighted by atomic mass is 10.0. The maximum Gasteiger partial charge on any atom is 0.330 e. The number of ether oxygens (including phenoxy) is 2. The van der Waals surface area contributed by atoms with Gasteiger partial charge in [-0.3, -0.25) is 0 Å². The molecule has 1 unspecified atom stereocenters.